The number of carbonyl (C=O) groups excluding carboxylic acids is 1. The van der Waals surface area contributed by atoms with Gasteiger partial charge in [-0.15, -0.1) is 0 Å². The summed E-state index contributed by atoms with van der Waals surface area (Å²) < 4.78 is 5.53. The van der Waals surface area contributed by atoms with Crippen LogP contribution in [0.3, 0.4) is 0 Å². The quantitative estimate of drug-likeness (QED) is 0.642. The van der Waals surface area contributed by atoms with E-state index in [4.69, 9.17) is 4.42 Å². The number of aromatic nitrogens is 1. The molecule has 0 fully saturated rings. The van der Waals surface area contributed by atoms with Crippen molar-refractivity contribution in [2.24, 2.45) is 0 Å². The van der Waals surface area contributed by atoms with E-state index < -0.39 is 0 Å². The zero-order valence-electron chi connectivity index (χ0n) is 9.88. The highest BCUT2D eigenvalue weighted by molar-refractivity contribution is 6.07. The summed E-state index contributed by atoms with van der Waals surface area (Å²) in [6.07, 6.45) is 1.63. The van der Waals surface area contributed by atoms with Crippen molar-refractivity contribution in [3.05, 3.63) is 65.7 Å². The molecule has 0 spiro atoms. The Morgan fingerprint density at radius 3 is 2.78 bits per heavy atom. The van der Waals surface area contributed by atoms with Crippen molar-refractivity contribution in [3.63, 3.8) is 0 Å². The van der Waals surface area contributed by atoms with Crippen LogP contribution in [0.4, 0.5) is 0 Å². The van der Waals surface area contributed by atoms with Gasteiger partial charge >= 0.3 is 0 Å². The molecule has 0 atom stereocenters. The van der Waals surface area contributed by atoms with Crippen molar-refractivity contribution in [3.8, 4) is 0 Å². The predicted octanol–water partition coefficient (Wildman–Crippen LogP) is 3.37. The fourth-order valence-corrected chi connectivity index (χ4v) is 1.88. The molecular formula is C15H11NO2. The number of nitrogens with zero attached hydrogens (tertiary/aromatic N) is 1. The second-order valence-corrected chi connectivity index (χ2v) is 4.20. The van der Waals surface area contributed by atoms with E-state index in [9.17, 15) is 4.79 Å². The maximum absolute atomic E-state index is 12.2. The predicted molar refractivity (Wildman–Crippen MR) is 68.6 cm³/mol. The Bertz CT molecular complexity index is 695. The summed E-state index contributed by atoms with van der Waals surface area (Å²) in [7, 11) is 0. The van der Waals surface area contributed by atoms with E-state index in [0.717, 1.165) is 10.9 Å². The van der Waals surface area contributed by atoms with Gasteiger partial charge in [0.25, 0.3) is 0 Å². The lowest BCUT2D eigenvalue weighted by molar-refractivity contribution is 0.101. The molecule has 0 N–H and O–H groups in total. The van der Waals surface area contributed by atoms with E-state index in [1.165, 1.54) is 0 Å². The van der Waals surface area contributed by atoms with Gasteiger partial charge in [-0.2, -0.15) is 0 Å². The van der Waals surface area contributed by atoms with Crippen LogP contribution in [-0.2, 0) is 0 Å². The Hall–Kier alpha value is -2.42. The third-order valence-electron chi connectivity index (χ3n) is 2.80. The number of para-hydroxylation sites is 1. The van der Waals surface area contributed by atoms with Crippen LogP contribution in [0.5, 0.6) is 0 Å². The summed E-state index contributed by atoms with van der Waals surface area (Å²) in [6, 6.07) is 12.9. The molecule has 2 aromatic heterocycles. The van der Waals surface area contributed by atoms with E-state index in [0.29, 0.717) is 17.0 Å². The van der Waals surface area contributed by atoms with E-state index in [-0.39, 0.29) is 5.78 Å². The third-order valence-corrected chi connectivity index (χ3v) is 2.80. The molecule has 3 nitrogen and oxygen atoms in total. The van der Waals surface area contributed by atoms with E-state index in [2.05, 4.69) is 4.98 Å². The van der Waals surface area contributed by atoms with Crippen LogP contribution in [-0.4, -0.2) is 10.8 Å². The van der Waals surface area contributed by atoms with Gasteiger partial charge in [0.1, 0.15) is 11.3 Å². The van der Waals surface area contributed by atoms with Gasteiger partial charge in [-0.25, -0.2) is 0 Å². The van der Waals surface area contributed by atoms with Crippen LogP contribution in [0.2, 0.25) is 0 Å². The number of rotatable bonds is 2. The van der Waals surface area contributed by atoms with Crippen LogP contribution >= 0.6 is 0 Å². The molecule has 3 heteroatoms. The maximum Gasteiger partial charge on any atom is 0.246 e. The zero-order valence-corrected chi connectivity index (χ0v) is 9.88. The van der Waals surface area contributed by atoms with Gasteiger partial charge in [0.15, 0.2) is 5.76 Å². The molecule has 0 saturated carbocycles. The Balaban J connectivity index is 2.06. The van der Waals surface area contributed by atoms with Crippen molar-refractivity contribution < 1.29 is 9.21 Å². The molecule has 0 unspecified atom stereocenters. The minimum absolute atomic E-state index is 0.185. The molecule has 0 saturated heterocycles. The molecule has 1 aromatic carbocycles. The number of carbonyl (C=O) groups is 1. The van der Waals surface area contributed by atoms with Crippen LogP contribution < -0.4 is 0 Å². The summed E-state index contributed by atoms with van der Waals surface area (Å²) in [4.78, 5) is 16.3. The highest BCUT2D eigenvalue weighted by Crippen LogP contribution is 2.20. The second-order valence-electron chi connectivity index (χ2n) is 4.20. The second kappa shape index (κ2) is 4.11. The first-order valence-electron chi connectivity index (χ1n) is 5.70. The monoisotopic (exact) mass is 237 g/mol. The van der Waals surface area contributed by atoms with Crippen molar-refractivity contribution in [2.45, 2.75) is 6.92 Å². The van der Waals surface area contributed by atoms with Crippen molar-refractivity contribution in [1.29, 1.82) is 0 Å². The molecule has 18 heavy (non-hydrogen) atoms. The SMILES string of the molecule is Cc1ccnc(C(=O)c2cc3ccccc3o2)c1. The highest BCUT2D eigenvalue weighted by Gasteiger charge is 2.15. The molecule has 2 heterocycles. The van der Waals surface area contributed by atoms with Crippen LogP contribution in [0.15, 0.2) is 53.1 Å². The number of aryl methyl sites for hydroxylation is 1. The lowest BCUT2D eigenvalue weighted by atomic mass is 10.1. The standard InChI is InChI=1S/C15H11NO2/c1-10-6-7-16-12(8-10)15(17)14-9-11-4-2-3-5-13(11)18-14/h2-9H,1H3. The van der Waals surface area contributed by atoms with Crippen molar-refractivity contribution >= 4 is 16.8 Å². The van der Waals surface area contributed by atoms with Crippen molar-refractivity contribution in [2.75, 3.05) is 0 Å². The number of furan rings is 1. The van der Waals surface area contributed by atoms with Gasteiger partial charge < -0.3 is 4.42 Å². The minimum Gasteiger partial charge on any atom is -0.453 e. The number of benzene rings is 1. The molecule has 3 rings (SSSR count). The Kier molecular flexibility index (Phi) is 2.45. The molecule has 0 radical (unpaired) electrons. The number of hydrogen-bond donors (Lipinski definition) is 0. The lowest BCUT2D eigenvalue weighted by Crippen LogP contribution is -2.02. The fourth-order valence-electron chi connectivity index (χ4n) is 1.88. The fraction of sp³-hybridized carbons (Fsp3) is 0.0667. The smallest absolute Gasteiger partial charge is 0.246 e. The first kappa shape index (κ1) is 10.7. The van der Waals surface area contributed by atoms with Crippen LogP contribution in [0, 0.1) is 6.92 Å². The Morgan fingerprint density at radius 1 is 1.17 bits per heavy atom. The van der Waals surface area contributed by atoms with E-state index in [1.54, 1.807) is 18.3 Å². The van der Waals surface area contributed by atoms with Crippen LogP contribution in [0.1, 0.15) is 21.8 Å². The average molecular weight is 237 g/mol. The lowest BCUT2D eigenvalue weighted by Gasteiger charge is -1.97. The Morgan fingerprint density at radius 2 is 2.00 bits per heavy atom. The summed E-state index contributed by atoms with van der Waals surface area (Å²) in [5.74, 6) is 0.143. The summed E-state index contributed by atoms with van der Waals surface area (Å²) in [5.41, 5.74) is 2.13. The van der Waals surface area contributed by atoms with Gasteiger partial charge in [0.2, 0.25) is 5.78 Å². The average Bonchev–Trinajstić information content (AvgIpc) is 2.81. The maximum atomic E-state index is 12.2. The molecule has 0 bridgehead atoms. The molecule has 88 valence electrons. The summed E-state index contributed by atoms with van der Waals surface area (Å²) in [6.45, 7) is 1.93. The van der Waals surface area contributed by atoms with Gasteiger partial charge in [-0.05, 0) is 36.8 Å². The molecule has 3 aromatic rings. The largest absolute Gasteiger partial charge is 0.453 e. The minimum atomic E-state index is -0.185. The number of fused-ring (bicyclic) bond motifs is 1. The first-order valence-corrected chi connectivity index (χ1v) is 5.70. The van der Waals surface area contributed by atoms with E-state index in [1.807, 2.05) is 37.3 Å². The Labute approximate surface area is 104 Å². The number of ketones is 1. The van der Waals surface area contributed by atoms with Gasteiger partial charge in [0.05, 0.1) is 0 Å². The highest BCUT2D eigenvalue weighted by atomic mass is 16.3. The zero-order chi connectivity index (χ0) is 12.5. The van der Waals surface area contributed by atoms with Crippen LogP contribution in [0.25, 0.3) is 11.0 Å². The molecule has 0 aliphatic heterocycles. The van der Waals surface area contributed by atoms with Gasteiger partial charge in [0, 0.05) is 11.6 Å². The normalized spacial score (nSPS) is 10.7. The summed E-state index contributed by atoms with van der Waals surface area (Å²) in [5, 5.41) is 0.925. The van der Waals surface area contributed by atoms with E-state index >= 15 is 0 Å². The molecule has 0 aliphatic rings. The van der Waals surface area contributed by atoms with Crippen molar-refractivity contribution in [1.82, 2.24) is 4.98 Å². The summed E-state index contributed by atoms with van der Waals surface area (Å²) >= 11 is 0. The first-order chi connectivity index (χ1) is 8.74. The van der Waals surface area contributed by atoms with Gasteiger partial charge in [-0.1, -0.05) is 18.2 Å². The third kappa shape index (κ3) is 1.80. The topological polar surface area (TPSA) is 43.1 Å². The number of hydrogen-bond acceptors (Lipinski definition) is 3. The van der Waals surface area contributed by atoms with Gasteiger partial charge in [-0.3, -0.25) is 9.78 Å². The molecular weight excluding hydrogens is 226 g/mol. The number of pyridine rings is 1. The molecule has 0 amide bonds. The molecule has 0 aliphatic carbocycles.